The minimum absolute atomic E-state index is 0.0391. The van der Waals surface area contributed by atoms with Crippen molar-refractivity contribution in [2.45, 2.75) is 37.9 Å². The van der Waals surface area contributed by atoms with E-state index in [1.165, 1.54) is 0 Å². The largest absolute Gasteiger partial charge is 0.406 e. The zero-order valence-electron chi connectivity index (χ0n) is 18.8. The van der Waals surface area contributed by atoms with Crippen molar-refractivity contribution in [2.24, 2.45) is 0 Å². The van der Waals surface area contributed by atoms with Crippen molar-refractivity contribution in [3.05, 3.63) is 42.5 Å². The van der Waals surface area contributed by atoms with E-state index in [-0.39, 0.29) is 30.5 Å². The average molecular weight is 492 g/mol. The number of halogens is 4. The molecule has 1 saturated heterocycles. The van der Waals surface area contributed by atoms with E-state index in [0.717, 1.165) is 10.3 Å². The van der Waals surface area contributed by atoms with E-state index < -0.39 is 24.9 Å². The van der Waals surface area contributed by atoms with Gasteiger partial charge in [0.1, 0.15) is 12.7 Å². The van der Waals surface area contributed by atoms with E-state index in [1.54, 1.807) is 48.6 Å². The lowest BCUT2D eigenvalue weighted by molar-refractivity contribution is -0.139. The molecule has 0 spiro atoms. The van der Waals surface area contributed by atoms with Gasteiger partial charge in [-0.1, -0.05) is 11.2 Å². The van der Waals surface area contributed by atoms with Gasteiger partial charge in [-0.2, -0.15) is 23.3 Å². The van der Waals surface area contributed by atoms with Crippen LogP contribution in [0.3, 0.4) is 0 Å². The Hall–Kier alpha value is -3.61. The van der Waals surface area contributed by atoms with Gasteiger partial charge in [-0.25, -0.2) is 4.39 Å². The SMILES string of the molecule is CN(Cc1nc(-c2cc3c(N[C@@H]4CCNC[C@@H]4F)cccc3n2CC(F)(F)F)no1)c1cn[nH]c1. The second kappa shape index (κ2) is 9.21. The molecular formula is C22H24F4N8O. The van der Waals surface area contributed by atoms with Crippen molar-refractivity contribution in [3.8, 4) is 11.5 Å². The molecule has 9 nitrogen and oxygen atoms in total. The summed E-state index contributed by atoms with van der Waals surface area (Å²) in [4.78, 5) is 6.15. The van der Waals surface area contributed by atoms with Crippen LogP contribution in [0.1, 0.15) is 12.3 Å². The second-order valence-corrected chi connectivity index (χ2v) is 8.55. The van der Waals surface area contributed by atoms with Crippen LogP contribution in [0.4, 0.5) is 28.9 Å². The monoisotopic (exact) mass is 492 g/mol. The maximum atomic E-state index is 14.4. The number of piperidine rings is 1. The summed E-state index contributed by atoms with van der Waals surface area (Å²) in [6.07, 6.45) is -1.71. The van der Waals surface area contributed by atoms with Crippen LogP contribution in [0.15, 0.2) is 41.2 Å². The molecule has 35 heavy (non-hydrogen) atoms. The summed E-state index contributed by atoms with van der Waals surface area (Å²) < 4.78 is 61.4. The lowest BCUT2D eigenvalue weighted by Gasteiger charge is -2.28. The smallest absolute Gasteiger partial charge is 0.379 e. The highest BCUT2D eigenvalue weighted by Crippen LogP contribution is 2.35. The van der Waals surface area contributed by atoms with Crippen molar-refractivity contribution < 1.29 is 22.1 Å². The highest BCUT2D eigenvalue weighted by molar-refractivity contribution is 5.96. The number of fused-ring (bicyclic) bond motifs is 1. The minimum Gasteiger partial charge on any atom is -0.379 e. The first-order valence-corrected chi connectivity index (χ1v) is 11.1. The van der Waals surface area contributed by atoms with Gasteiger partial charge in [0.05, 0.1) is 35.7 Å². The van der Waals surface area contributed by atoms with E-state index in [1.807, 2.05) is 0 Å². The van der Waals surface area contributed by atoms with Crippen LogP contribution in [0.5, 0.6) is 0 Å². The van der Waals surface area contributed by atoms with Gasteiger partial charge in [0.25, 0.3) is 0 Å². The number of alkyl halides is 4. The normalized spacial score (nSPS) is 18.8. The summed E-state index contributed by atoms with van der Waals surface area (Å²) in [6, 6.07) is 6.13. The molecule has 186 valence electrons. The fourth-order valence-corrected chi connectivity index (χ4v) is 4.30. The van der Waals surface area contributed by atoms with Crippen LogP contribution < -0.4 is 15.5 Å². The van der Waals surface area contributed by atoms with Gasteiger partial charge in [0, 0.05) is 30.9 Å². The minimum atomic E-state index is -4.47. The van der Waals surface area contributed by atoms with Crippen LogP contribution in [0.25, 0.3) is 22.4 Å². The van der Waals surface area contributed by atoms with Crippen molar-refractivity contribution in [2.75, 3.05) is 30.4 Å². The van der Waals surface area contributed by atoms with Gasteiger partial charge in [-0.15, -0.1) is 0 Å². The van der Waals surface area contributed by atoms with Crippen LogP contribution in [-0.4, -0.2) is 63.4 Å². The summed E-state index contributed by atoms with van der Waals surface area (Å²) in [5, 5.41) is 17.3. The molecule has 1 aliphatic rings. The molecule has 0 radical (unpaired) electrons. The van der Waals surface area contributed by atoms with E-state index in [4.69, 9.17) is 4.52 Å². The van der Waals surface area contributed by atoms with Crippen LogP contribution in [0.2, 0.25) is 0 Å². The summed E-state index contributed by atoms with van der Waals surface area (Å²) in [5.41, 5.74) is 1.85. The number of hydrogen-bond donors (Lipinski definition) is 3. The van der Waals surface area contributed by atoms with Gasteiger partial charge < -0.3 is 24.6 Å². The molecule has 1 aliphatic heterocycles. The van der Waals surface area contributed by atoms with E-state index >= 15 is 0 Å². The fourth-order valence-electron chi connectivity index (χ4n) is 4.30. The van der Waals surface area contributed by atoms with E-state index in [2.05, 4.69) is 31.0 Å². The number of anilines is 2. The molecule has 1 aromatic carbocycles. The Morgan fingerprint density at radius 1 is 1.31 bits per heavy atom. The summed E-state index contributed by atoms with van der Waals surface area (Å²) in [7, 11) is 1.80. The number of nitrogens with one attached hydrogen (secondary N) is 3. The zero-order valence-corrected chi connectivity index (χ0v) is 18.8. The Kier molecular flexibility index (Phi) is 6.09. The number of rotatable bonds is 7. The molecule has 3 aromatic heterocycles. The Morgan fingerprint density at radius 2 is 2.17 bits per heavy atom. The number of nitrogens with zero attached hydrogens (tertiary/aromatic N) is 5. The fraction of sp³-hybridized carbons (Fsp3) is 0.409. The number of benzene rings is 1. The molecular weight excluding hydrogens is 468 g/mol. The Bertz CT molecular complexity index is 1280. The van der Waals surface area contributed by atoms with Gasteiger partial charge in [0.15, 0.2) is 0 Å². The third kappa shape index (κ3) is 4.94. The Morgan fingerprint density at radius 3 is 2.91 bits per heavy atom. The molecule has 13 heteroatoms. The quantitative estimate of drug-likeness (QED) is 0.338. The first-order chi connectivity index (χ1) is 16.8. The van der Waals surface area contributed by atoms with Crippen molar-refractivity contribution in [1.29, 1.82) is 0 Å². The summed E-state index contributed by atoms with van der Waals surface area (Å²) >= 11 is 0. The van der Waals surface area contributed by atoms with Crippen molar-refractivity contribution in [1.82, 2.24) is 30.2 Å². The molecule has 4 heterocycles. The van der Waals surface area contributed by atoms with Crippen LogP contribution in [0, 0.1) is 0 Å². The molecule has 0 saturated carbocycles. The average Bonchev–Trinajstić information content (AvgIpc) is 3.55. The van der Waals surface area contributed by atoms with Crippen LogP contribution >= 0.6 is 0 Å². The van der Waals surface area contributed by atoms with Crippen LogP contribution in [-0.2, 0) is 13.1 Å². The number of aromatic nitrogens is 5. The predicted octanol–water partition coefficient (Wildman–Crippen LogP) is 3.73. The first kappa shape index (κ1) is 23.1. The second-order valence-electron chi connectivity index (χ2n) is 8.55. The molecule has 1 fully saturated rings. The number of aromatic amines is 1. The molecule has 3 N–H and O–H groups in total. The first-order valence-electron chi connectivity index (χ1n) is 11.1. The van der Waals surface area contributed by atoms with Crippen molar-refractivity contribution >= 4 is 22.3 Å². The van der Waals surface area contributed by atoms with E-state index in [9.17, 15) is 17.6 Å². The third-order valence-electron chi connectivity index (χ3n) is 6.03. The molecule has 0 bridgehead atoms. The Labute approximate surface area is 197 Å². The van der Waals surface area contributed by atoms with E-state index in [0.29, 0.717) is 29.6 Å². The topological polar surface area (TPSA) is 99.8 Å². The van der Waals surface area contributed by atoms with Gasteiger partial charge in [-0.05, 0) is 31.2 Å². The molecule has 5 rings (SSSR count). The highest BCUT2D eigenvalue weighted by Gasteiger charge is 2.32. The lowest BCUT2D eigenvalue weighted by atomic mass is 10.0. The molecule has 4 aromatic rings. The maximum absolute atomic E-state index is 14.4. The van der Waals surface area contributed by atoms with Crippen molar-refractivity contribution in [3.63, 3.8) is 0 Å². The number of hydrogen-bond acceptors (Lipinski definition) is 7. The summed E-state index contributed by atoms with van der Waals surface area (Å²) in [6.45, 7) is -0.0974. The standard InChI is InChI=1S/C22H24F4N8O/c1-33(13-8-28-29-9-13)11-20-31-21(32-35-20)19-7-14-16(30-17-5-6-27-10-15(17)23)3-2-4-18(14)34(19)12-22(24,25)26/h2-4,7-9,15,17,27,30H,5-6,10-12H2,1H3,(H,28,29)/t15-,17+/m0/s1. The molecule has 0 aliphatic carbocycles. The summed E-state index contributed by atoms with van der Waals surface area (Å²) in [5.74, 6) is 0.276. The predicted molar refractivity (Wildman–Crippen MR) is 122 cm³/mol. The number of H-pyrrole nitrogens is 1. The van der Waals surface area contributed by atoms with Gasteiger partial charge in [0.2, 0.25) is 11.7 Å². The van der Waals surface area contributed by atoms with Gasteiger partial charge in [-0.3, -0.25) is 5.10 Å². The third-order valence-corrected chi connectivity index (χ3v) is 6.03. The van der Waals surface area contributed by atoms with Gasteiger partial charge >= 0.3 is 6.18 Å². The highest BCUT2D eigenvalue weighted by atomic mass is 19.4. The maximum Gasteiger partial charge on any atom is 0.406 e. The molecule has 0 amide bonds. The Balaban J connectivity index is 1.50. The lowest BCUT2D eigenvalue weighted by Crippen LogP contribution is -2.45. The zero-order chi connectivity index (χ0) is 24.6. The molecule has 0 unspecified atom stereocenters. The molecule has 2 atom stereocenters.